The molecular formula is C19H20Cl3N3O6. The van der Waals surface area contributed by atoms with Crippen molar-refractivity contribution in [1.82, 2.24) is 9.13 Å². The van der Waals surface area contributed by atoms with Crippen LogP contribution in [-0.2, 0) is 23.1 Å². The second-order valence-corrected chi connectivity index (χ2v) is 8.20. The highest BCUT2D eigenvalue weighted by atomic mass is 35.5. The normalized spacial score (nSPS) is 10.9. The molecule has 0 bridgehead atoms. The fourth-order valence-electron chi connectivity index (χ4n) is 2.60. The number of halogens is 3. The van der Waals surface area contributed by atoms with Crippen molar-refractivity contribution in [3.05, 3.63) is 53.6 Å². The number of benzene rings is 1. The lowest BCUT2D eigenvalue weighted by Gasteiger charge is -2.16. The van der Waals surface area contributed by atoms with Crippen molar-refractivity contribution in [2.24, 2.45) is 13.0 Å². The fraction of sp³-hybridized carbons (Fsp3) is 0.368. The van der Waals surface area contributed by atoms with Crippen LogP contribution in [0.15, 0.2) is 21.7 Å². The van der Waals surface area contributed by atoms with Crippen LogP contribution in [-0.4, -0.2) is 34.1 Å². The number of nitrogens with two attached hydrogens (primary N) is 1. The molecule has 0 aliphatic carbocycles. The molecule has 0 aliphatic heterocycles. The van der Waals surface area contributed by atoms with Crippen LogP contribution < -0.4 is 21.7 Å². The lowest BCUT2D eigenvalue weighted by molar-refractivity contribution is -0.144. The Bertz CT molecular complexity index is 1140. The summed E-state index contributed by atoms with van der Waals surface area (Å²) >= 11 is 17.6. The third-order valence-electron chi connectivity index (χ3n) is 4.09. The predicted octanol–water partition coefficient (Wildman–Crippen LogP) is 2.55. The number of carbonyl (C=O) groups is 2. The van der Waals surface area contributed by atoms with Crippen molar-refractivity contribution in [2.75, 3.05) is 18.9 Å². The summed E-state index contributed by atoms with van der Waals surface area (Å²) in [5.41, 5.74) is 3.97. The molecule has 0 aliphatic rings. The number of ether oxygens (including phenoxy) is 2. The van der Waals surface area contributed by atoms with Crippen LogP contribution in [0.25, 0.3) is 0 Å². The number of esters is 1. The summed E-state index contributed by atoms with van der Waals surface area (Å²) in [5, 5.41) is 0.513. The summed E-state index contributed by atoms with van der Waals surface area (Å²) in [7, 11) is 1.23. The van der Waals surface area contributed by atoms with Gasteiger partial charge in [0.2, 0.25) is 5.78 Å². The molecule has 1 aromatic heterocycles. The zero-order valence-corrected chi connectivity index (χ0v) is 19.2. The molecule has 0 spiro atoms. The van der Waals surface area contributed by atoms with Crippen LogP contribution in [0.2, 0.25) is 15.1 Å². The van der Waals surface area contributed by atoms with Crippen LogP contribution >= 0.6 is 34.8 Å². The number of ketones is 1. The second-order valence-electron chi connectivity index (χ2n) is 6.98. The lowest BCUT2D eigenvalue weighted by Crippen LogP contribution is -2.43. The molecule has 0 saturated heterocycles. The summed E-state index contributed by atoms with van der Waals surface area (Å²) in [6.45, 7) is 2.56. The molecule has 0 fully saturated rings. The van der Waals surface area contributed by atoms with Crippen molar-refractivity contribution in [2.45, 2.75) is 20.4 Å². The highest BCUT2D eigenvalue weighted by Crippen LogP contribution is 2.33. The van der Waals surface area contributed by atoms with Gasteiger partial charge in [-0.05, 0) is 12.0 Å². The van der Waals surface area contributed by atoms with Gasteiger partial charge in [0.1, 0.15) is 17.1 Å². The molecule has 0 atom stereocenters. The first kappa shape index (κ1) is 24.8. The van der Waals surface area contributed by atoms with Gasteiger partial charge in [-0.1, -0.05) is 48.7 Å². The van der Waals surface area contributed by atoms with Crippen LogP contribution in [0.3, 0.4) is 0 Å². The van der Waals surface area contributed by atoms with Gasteiger partial charge in [0.05, 0.1) is 15.1 Å². The molecule has 9 nitrogen and oxygen atoms in total. The number of aromatic nitrogens is 2. The topological polar surface area (TPSA) is 123 Å². The summed E-state index contributed by atoms with van der Waals surface area (Å²) in [5.74, 6) is -1.90. The molecule has 2 rings (SSSR count). The highest BCUT2D eigenvalue weighted by Gasteiger charge is 2.23. The Balaban J connectivity index is 2.11. The number of nitrogen functional groups attached to an aromatic ring is 1. The predicted molar refractivity (Wildman–Crippen MR) is 117 cm³/mol. The van der Waals surface area contributed by atoms with Crippen molar-refractivity contribution in [3.63, 3.8) is 0 Å². The Morgan fingerprint density at radius 3 is 2.29 bits per heavy atom. The van der Waals surface area contributed by atoms with E-state index in [4.69, 9.17) is 50.0 Å². The number of carbonyl (C=O) groups excluding carboxylic acids is 2. The van der Waals surface area contributed by atoms with Crippen LogP contribution in [0.4, 0.5) is 5.82 Å². The maximum Gasteiger partial charge on any atom is 0.344 e. The molecule has 1 aromatic carbocycles. The summed E-state index contributed by atoms with van der Waals surface area (Å²) in [4.78, 5) is 49.1. The minimum absolute atomic E-state index is 0.0311. The van der Waals surface area contributed by atoms with E-state index in [1.54, 1.807) is 0 Å². The first-order valence-corrected chi connectivity index (χ1v) is 10.1. The molecule has 0 unspecified atom stereocenters. The largest absolute Gasteiger partial charge is 0.480 e. The van der Waals surface area contributed by atoms with Crippen LogP contribution in [0, 0.1) is 5.92 Å². The summed E-state index contributed by atoms with van der Waals surface area (Å²) < 4.78 is 12.0. The van der Waals surface area contributed by atoms with Gasteiger partial charge in [-0.25, -0.2) is 9.59 Å². The van der Waals surface area contributed by atoms with Crippen molar-refractivity contribution >= 4 is 52.4 Å². The molecular weight excluding hydrogens is 473 g/mol. The quantitative estimate of drug-likeness (QED) is 0.341. The lowest BCUT2D eigenvalue weighted by atomic mass is 10.1. The monoisotopic (exact) mass is 491 g/mol. The van der Waals surface area contributed by atoms with E-state index in [2.05, 4.69) is 0 Å². The van der Waals surface area contributed by atoms with Crippen molar-refractivity contribution in [1.29, 1.82) is 0 Å². The van der Waals surface area contributed by atoms with E-state index in [0.717, 1.165) is 9.13 Å². The first-order valence-electron chi connectivity index (χ1n) is 8.99. The Morgan fingerprint density at radius 1 is 1.06 bits per heavy atom. The average molecular weight is 493 g/mol. The molecule has 0 radical (unpaired) electrons. The minimum atomic E-state index is -0.901. The number of nitrogens with zero attached hydrogens (tertiary/aromatic N) is 2. The number of hydrogen-bond acceptors (Lipinski definition) is 7. The standard InChI is InChI=1S/C19H20Cl3N3O6/c1-9(2)6-25-17(23)16(18(28)24(3)19(25)29)13(26)7-31-15(27)8-30-14-5-11(21)10(20)4-12(14)22/h4-5,9H,6-8,23H2,1-3H3. The zero-order chi connectivity index (χ0) is 23.5. The average Bonchev–Trinajstić information content (AvgIpc) is 2.69. The highest BCUT2D eigenvalue weighted by molar-refractivity contribution is 6.43. The molecule has 31 heavy (non-hydrogen) atoms. The number of hydrogen-bond donors (Lipinski definition) is 1. The molecule has 2 N–H and O–H groups in total. The number of rotatable bonds is 8. The minimum Gasteiger partial charge on any atom is -0.480 e. The van der Waals surface area contributed by atoms with Gasteiger partial charge >= 0.3 is 11.7 Å². The Labute approximate surface area is 192 Å². The van der Waals surface area contributed by atoms with E-state index >= 15 is 0 Å². The Kier molecular flexibility index (Phi) is 8.16. The first-order chi connectivity index (χ1) is 14.4. The van der Waals surface area contributed by atoms with Crippen molar-refractivity contribution < 1.29 is 19.1 Å². The molecule has 168 valence electrons. The molecule has 0 saturated carbocycles. The van der Waals surface area contributed by atoms with Crippen molar-refractivity contribution in [3.8, 4) is 5.75 Å². The Hall–Kier alpha value is -2.49. The van der Waals surface area contributed by atoms with E-state index in [1.807, 2.05) is 13.8 Å². The van der Waals surface area contributed by atoms with E-state index in [0.29, 0.717) is 0 Å². The second kappa shape index (κ2) is 10.2. The van der Waals surface area contributed by atoms with E-state index < -0.39 is 41.8 Å². The van der Waals surface area contributed by atoms with E-state index in [9.17, 15) is 19.2 Å². The molecule has 0 amide bonds. The third kappa shape index (κ3) is 5.81. The third-order valence-corrected chi connectivity index (χ3v) is 5.11. The summed E-state index contributed by atoms with van der Waals surface area (Å²) in [6.07, 6.45) is 0. The van der Waals surface area contributed by atoms with Gasteiger partial charge in [-0.3, -0.25) is 18.7 Å². The maximum absolute atomic E-state index is 12.5. The summed E-state index contributed by atoms with van der Waals surface area (Å²) in [6, 6.07) is 2.67. The van der Waals surface area contributed by atoms with Gasteiger partial charge in [0.25, 0.3) is 5.56 Å². The molecule has 12 heteroatoms. The van der Waals surface area contributed by atoms with E-state index in [1.165, 1.54) is 19.2 Å². The number of anilines is 1. The maximum atomic E-state index is 12.5. The Morgan fingerprint density at radius 2 is 1.68 bits per heavy atom. The van der Waals surface area contributed by atoms with Gasteiger partial charge in [-0.15, -0.1) is 0 Å². The molecule has 1 heterocycles. The fourth-order valence-corrected chi connectivity index (χ4v) is 3.19. The smallest absolute Gasteiger partial charge is 0.344 e. The SMILES string of the molecule is CC(C)Cn1c(N)c(C(=O)COC(=O)COc2cc(Cl)c(Cl)cc2Cl)c(=O)n(C)c1=O. The zero-order valence-electron chi connectivity index (χ0n) is 16.9. The molecule has 2 aromatic rings. The van der Waals surface area contributed by atoms with Crippen LogP contribution in [0.5, 0.6) is 5.75 Å². The van der Waals surface area contributed by atoms with Gasteiger partial charge in [-0.2, -0.15) is 0 Å². The van der Waals surface area contributed by atoms with Gasteiger partial charge < -0.3 is 15.2 Å². The van der Waals surface area contributed by atoms with E-state index in [-0.39, 0.29) is 39.1 Å². The number of Topliss-reactive ketones (excluding diaryl/α,β-unsaturated/α-hetero) is 1. The van der Waals surface area contributed by atoms with Gasteiger partial charge in [0.15, 0.2) is 13.2 Å². The van der Waals surface area contributed by atoms with Gasteiger partial charge in [0, 0.05) is 19.7 Å². The van der Waals surface area contributed by atoms with Crippen LogP contribution in [0.1, 0.15) is 24.2 Å².